The van der Waals surface area contributed by atoms with Gasteiger partial charge in [-0.05, 0) is 5.92 Å². The number of esters is 1. The molecule has 0 aromatic heterocycles. The molecule has 0 radical (unpaired) electrons. The Kier molecular flexibility index (Phi) is 5.66. The summed E-state index contributed by atoms with van der Waals surface area (Å²) in [6.45, 7) is 4.91. The number of carbonyl (C=O) groups excluding carboxylic acids is 1. The van der Waals surface area contributed by atoms with E-state index in [0.29, 0.717) is 0 Å². The van der Waals surface area contributed by atoms with Gasteiger partial charge in [-0.25, -0.2) is 0 Å². The van der Waals surface area contributed by atoms with Crippen molar-refractivity contribution in [3.05, 3.63) is 0 Å². The summed E-state index contributed by atoms with van der Waals surface area (Å²) in [4.78, 5) is 11.3. The van der Waals surface area contributed by atoms with Crippen molar-refractivity contribution in [3.8, 4) is 0 Å². The van der Waals surface area contributed by atoms with Gasteiger partial charge >= 0.3 is 5.97 Å². The molecule has 0 aromatic carbocycles. The molecule has 0 saturated heterocycles. The SMILES string of the molecule is CC(C)C(C)C(=O)OC(CO)CO. The van der Waals surface area contributed by atoms with Crippen LogP contribution in [0.1, 0.15) is 20.8 Å². The minimum Gasteiger partial charge on any atom is -0.457 e. The molecule has 4 heteroatoms. The van der Waals surface area contributed by atoms with Gasteiger partial charge in [0.2, 0.25) is 0 Å². The Morgan fingerprint density at radius 1 is 1.23 bits per heavy atom. The third-order valence-electron chi connectivity index (χ3n) is 2.06. The lowest BCUT2D eigenvalue weighted by Crippen LogP contribution is -2.30. The molecule has 0 aliphatic heterocycles. The van der Waals surface area contributed by atoms with Gasteiger partial charge in [0.1, 0.15) is 6.10 Å². The second-order valence-electron chi connectivity index (χ2n) is 3.46. The normalized spacial score (nSPS) is 13.5. The molecule has 0 amide bonds. The van der Waals surface area contributed by atoms with Crippen LogP contribution in [0.5, 0.6) is 0 Å². The highest BCUT2D eigenvalue weighted by atomic mass is 16.6. The number of aliphatic hydroxyl groups excluding tert-OH is 2. The molecule has 0 aliphatic carbocycles. The average Bonchev–Trinajstić information content (AvgIpc) is 2.12. The lowest BCUT2D eigenvalue weighted by molar-refractivity contribution is -0.159. The van der Waals surface area contributed by atoms with Crippen molar-refractivity contribution in [1.82, 2.24) is 0 Å². The molecule has 2 N–H and O–H groups in total. The van der Waals surface area contributed by atoms with Crippen LogP contribution in [-0.2, 0) is 9.53 Å². The predicted molar refractivity (Wildman–Crippen MR) is 48.1 cm³/mol. The van der Waals surface area contributed by atoms with Gasteiger partial charge in [-0.15, -0.1) is 0 Å². The highest BCUT2D eigenvalue weighted by Gasteiger charge is 2.21. The molecule has 1 unspecified atom stereocenters. The van der Waals surface area contributed by atoms with Gasteiger partial charge in [-0.3, -0.25) is 4.79 Å². The fourth-order valence-corrected chi connectivity index (χ4v) is 0.676. The number of carbonyl (C=O) groups is 1. The highest BCUT2D eigenvalue weighted by Crippen LogP contribution is 2.12. The molecule has 0 rings (SSSR count). The Morgan fingerprint density at radius 2 is 1.69 bits per heavy atom. The van der Waals surface area contributed by atoms with Crippen LogP contribution in [0.3, 0.4) is 0 Å². The van der Waals surface area contributed by atoms with Gasteiger partial charge in [-0.1, -0.05) is 20.8 Å². The summed E-state index contributed by atoms with van der Waals surface area (Å²) in [5.74, 6) is -0.380. The Labute approximate surface area is 78.5 Å². The summed E-state index contributed by atoms with van der Waals surface area (Å²) in [5, 5.41) is 17.3. The fourth-order valence-electron chi connectivity index (χ4n) is 0.676. The minimum atomic E-state index is -0.784. The first kappa shape index (κ1) is 12.4. The predicted octanol–water partition coefficient (Wildman–Crippen LogP) is 0.175. The zero-order valence-electron chi connectivity index (χ0n) is 8.36. The lowest BCUT2D eigenvalue weighted by Gasteiger charge is -2.18. The summed E-state index contributed by atoms with van der Waals surface area (Å²) in [6.07, 6.45) is -0.784. The largest absolute Gasteiger partial charge is 0.457 e. The molecule has 0 aromatic rings. The average molecular weight is 190 g/mol. The second kappa shape index (κ2) is 5.94. The van der Waals surface area contributed by atoms with Crippen molar-refractivity contribution in [1.29, 1.82) is 0 Å². The molecule has 13 heavy (non-hydrogen) atoms. The number of ether oxygens (including phenoxy) is 1. The highest BCUT2D eigenvalue weighted by molar-refractivity contribution is 5.72. The number of hydrogen-bond donors (Lipinski definition) is 2. The van der Waals surface area contributed by atoms with Gasteiger partial charge in [0.25, 0.3) is 0 Å². The Balaban J connectivity index is 3.98. The molecule has 0 saturated carbocycles. The molecule has 0 heterocycles. The van der Waals surface area contributed by atoms with E-state index in [0.717, 1.165) is 0 Å². The first-order valence-corrected chi connectivity index (χ1v) is 4.45. The summed E-state index contributed by atoms with van der Waals surface area (Å²) in [6, 6.07) is 0. The number of hydrogen-bond acceptors (Lipinski definition) is 4. The van der Waals surface area contributed by atoms with Crippen LogP contribution >= 0.6 is 0 Å². The van der Waals surface area contributed by atoms with E-state index in [-0.39, 0.29) is 31.0 Å². The maximum Gasteiger partial charge on any atom is 0.309 e. The van der Waals surface area contributed by atoms with E-state index >= 15 is 0 Å². The summed E-state index contributed by atoms with van der Waals surface area (Å²) >= 11 is 0. The maximum absolute atomic E-state index is 11.3. The zero-order valence-corrected chi connectivity index (χ0v) is 8.36. The molecule has 0 aliphatic rings. The standard InChI is InChI=1S/C9H18O4/c1-6(2)7(3)9(12)13-8(4-10)5-11/h6-8,10-11H,4-5H2,1-3H3. The molecule has 0 spiro atoms. The number of rotatable bonds is 5. The molecule has 4 nitrogen and oxygen atoms in total. The van der Waals surface area contributed by atoms with Gasteiger partial charge < -0.3 is 14.9 Å². The van der Waals surface area contributed by atoms with Crippen LogP contribution in [-0.4, -0.2) is 35.5 Å². The van der Waals surface area contributed by atoms with E-state index in [1.54, 1.807) is 6.92 Å². The molecule has 1 atom stereocenters. The summed E-state index contributed by atoms with van der Waals surface area (Å²) in [7, 11) is 0. The van der Waals surface area contributed by atoms with Crippen molar-refractivity contribution in [3.63, 3.8) is 0 Å². The minimum absolute atomic E-state index is 0.200. The Morgan fingerprint density at radius 3 is 2.00 bits per heavy atom. The topological polar surface area (TPSA) is 66.8 Å². The maximum atomic E-state index is 11.3. The zero-order chi connectivity index (χ0) is 10.4. The number of aliphatic hydroxyl groups is 2. The van der Waals surface area contributed by atoms with Crippen molar-refractivity contribution in [2.45, 2.75) is 26.9 Å². The van der Waals surface area contributed by atoms with E-state index in [1.807, 2.05) is 13.8 Å². The van der Waals surface area contributed by atoms with Crippen LogP contribution in [0.15, 0.2) is 0 Å². The molecular weight excluding hydrogens is 172 g/mol. The van der Waals surface area contributed by atoms with E-state index in [2.05, 4.69) is 0 Å². The monoisotopic (exact) mass is 190 g/mol. The van der Waals surface area contributed by atoms with Gasteiger partial charge in [0, 0.05) is 0 Å². The van der Waals surface area contributed by atoms with E-state index in [9.17, 15) is 4.79 Å². The van der Waals surface area contributed by atoms with Gasteiger partial charge in [-0.2, -0.15) is 0 Å². The van der Waals surface area contributed by atoms with E-state index < -0.39 is 6.10 Å². The van der Waals surface area contributed by atoms with E-state index in [1.165, 1.54) is 0 Å². The van der Waals surface area contributed by atoms with Crippen LogP contribution in [0.25, 0.3) is 0 Å². The first-order chi connectivity index (χ1) is 6.02. The van der Waals surface area contributed by atoms with Crippen molar-refractivity contribution in [2.75, 3.05) is 13.2 Å². The van der Waals surface area contributed by atoms with Crippen LogP contribution in [0.4, 0.5) is 0 Å². The quantitative estimate of drug-likeness (QED) is 0.607. The molecular formula is C9H18O4. The third kappa shape index (κ3) is 4.24. The smallest absolute Gasteiger partial charge is 0.309 e. The van der Waals surface area contributed by atoms with Crippen molar-refractivity contribution >= 4 is 5.97 Å². The molecule has 0 fully saturated rings. The van der Waals surface area contributed by atoms with E-state index in [4.69, 9.17) is 14.9 Å². The molecule has 78 valence electrons. The van der Waals surface area contributed by atoms with Gasteiger partial charge in [0.05, 0.1) is 19.1 Å². The van der Waals surface area contributed by atoms with Crippen molar-refractivity contribution in [2.24, 2.45) is 11.8 Å². The summed E-state index contributed by atoms with van der Waals surface area (Å²) < 4.78 is 4.83. The van der Waals surface area contributed by atoms with Gasteiger partial charge in [0.15, 0.2) is 0 Å². The summed E-state index contributed by atoms with van der Waals surface area (Å²) in [5.41, 5.74) is 0. The third-order valence-corrected chi connectivity index (χ3v) is 2.06. The lowest BCUT2D eigenvalue weighted by atomic mass is 9.98. The second-order valence-corrected chi connectivity index (χ2v) is 3.46. The van der Waals surface area contributed by atoms with Crippen LogP contribution in [0, 0.1) is 11.8 Å². The fraction of sp³-hybridized carbons (Fsp3) is 0.889. The Bertz CT molecular complexity index is 152. The first-order valence-electron chi connectivity index (χ1n) is 4.45. The van der Waals surface area contributed by atoms with Crippen molar-refractivity contribution < 1.29 is 19.7 Å². The Hall–Kier alpha value is -0.610. The van der Waals surface area contributed by atoms with Crippen LogP contribution in [0.2, 0.25) is 0 Å². The van der Waals surface area contributed by atoms with Crippen LogP contribution < -0.4 is 0 Å². The molecule has 0 bridgehead atoms.